The molecule has 0 amide bonds. The van der Waals surface area contributed by atoms with Crippen LogP contribution in [-0.4, -0.2) is 28.6 Å². The highest BCUT2D eigenvalue weighted by Gasteiger charge is 2.32. The fourth-order valence-corrected chi connectivity index (χ4v) is 3.06. The number of methoxy groups -OCH3 is 1. The van der Waals surface area contributed by atoms with Crippen LogP contribution in [0.2, 0.25) is 5.02 Å². The number of benzene rings is 1. The number of ether oxygens (including phenoxy) is 1. The van der Waals surface area contributed by atoms with Gasteiger partial charge in [-0.05, 0) is 31.0 Å². The molecule has 1 heterocycles. The first-order valence-corrected chi connectivity index (χ1v) is 7.39. The molecule has 0 radical (unpaired) electrons. The molecule has 1 aliphatic carbocycles. The van der Waals surface area contributed by atoms with E-state index in [2.05, 4.69) is 9.55 Å². The Balaban J connectivity index is 2.03. The van der Waals surface area contributed by atoms with E-state index in [1.165, 1.54) is 0 Å². The predicted molar refractivity (Wildman–Crippen MR) is 78.2 cm³/mol. The van der Waals surface area contributed by atoms with Gasteiger partial charge in [0.05, 0.1) is 17.1 Å². The van der Waals surface area contributed by atoms with Crippen molar-refractivity contribution in [1.29, 1.82) is 0 Å². The van der Waals surface area contributed by atoms with Crippen LogP contribution in [0.25, 0.3) is 11.0 Å². The first-order valence-electron chi connectivity index (χ1n) is 6.48. The molecule has 0 N–H and O–H groups in total. The standard InChI is InChI=1S/C14H16Cl2N2O/c1-19-11-7-10(8-11)18-13-6-9(16)2-3-12(13)17-14(18)4-5-15/h2-3,6,10-11H,4-5,7-8H2,1H3. The number of fused-ring (bicyclic) bond motifs is 1. The van der Waals surface area contributed by atoms with Gasteiger partial charge in [-0.3, -0.25) is 0 Å². The van der Waals surface area contributed by atoms with Gasteiger partial charge in [0, 0.05) is 30.5 Å². The molecule has 3 nitrogen and oxygen atoms in total. The lowest BCUT2D eigenvalue weighted by Crippen LogP contribution is -2.33. The summed E-state index contributed by atoms with van der Waals surface area (Å²) in [5, 5.41) is 0.744. The number of aromatic nitrogens is 2. The van der Waals surface area contributed by atoms with Gasteiger partial charge in [-0.15, -0.1) is 11.6 Å². The average molecular weight is 299 g/mol. The third-order valence-corrected chi connectivity index (χ3v) is 4.24. The van der Waals surface area contributed by atoms with Gasteiger partial charge < -0.3 is 9.30 Å². The SMILES string of the molecule is COC1CC(n2c(CCCl)nc3ccc(Cl)cc32)C1. The third kappa shape index (κ3) is 2.35. The van der Waals surface area contributed by atoms with Crippen molar-refractivity contribution >= 4 is 34.2 Å². The Kier molecular flexibility index (Phi) is 3.70. The Morgan fingerprint density at radius 2 is 2.21 bits per heavy atom. The molecule has 102 valence electrons. The highest BCUT2D eigenvalue weighted by molar-refractivity contribution is 6.31. The van der Waals surface area contributed by atoms with E-state index < -0.39 is 0 Å². The summed E-state index contributed by atoms with van der Waals surface area (Å²) in [5.74, 6) is 1.63. The third-order valence-electron chi connectivity index (χ3n) is 3.81. The van der Waals surface area contributed by atoms with Gasteiger partial charge in [-0.25, -0.2) is 4.98 Å². The molecule has 0 spiro atoms. The maximum atomic E-state index is 6.11. The van der Waals surface area contributed by atoms with Gasteiger partial charge in [0.1, 0.15) is 5.82 Å². The van der Waals surface area contributed by atoms with Crippen LogP contribution in [-0.2, 0) is 11.2 Å². The minimum Gasteiger partial charge on any atom is -0.381 e. The number of alkyl halides is 1. The maximum absolute atomic E-state index is 6.11. The maximum Gasteiger partial charge on any atom is 0.111 e. The molecule has 0 saturated heterocycles. The van der Waals surface area contributed by atoms with Crippen molar-refractivity contribution in [2.75, 3.05) is 13.0 Å². The van der Waals surface area contributed by atoms with Crippen LogP contribution < -0.4 is 0 Å². The van der Waals surface area contributed by atoms with E-state index in [0.717, 1.165) is 41.1 Å². The largest absolute Gasteiger partial charge is 0.381 e. The van der Waals surface area contributed by atoms with Crippen molar-refractivity contribution in [2.45, 2.75) is 31.4 Å². The van der Waals surface area contributed by atoms with E-state index >= 15 is 0 Å². The molecule has 1 aliphatic rings. The molecule has 1 aromatic carbocycles. The highest BCUT2D eigenvalue weighted by Crippen LogP contribution is 2.38. The lowest BCUT2D eigenvalue weighted by Gasteiger charge is -2.36. The van der Waals surface area contributed by atoms with Crippen LogP contribution in [0.15, 0.2) is 18.2 Å². The first-order chi connectivity index (χ1) is 9.22. The van der Waals surface area contributed by atoms with Crippen molar-refractivity contribution in [1.82, 2.24) is 9.55 Å². The van der Waals surface area contributed by atoms with E-state index in [0.29, 0.717) is 18.0 Å². The van der Waals surface area contributed by atoms with Crippen LogP contribution in [0.3, 0.4) is 0 Å². The van der Waals surface area contributed by atoms with Gasteiger partial charge in [-0.2, -0.15) is 0 Å². The lowest BCUT2D eigenvalue weighted by atomic mass is 9.88. The molecule has 1 fully saturated rings. The van der Waals surface area contributed by atoms with E-state index in [4.69, 9.17) is 27.9 Å². The fraction of sp³-hybridized carbons (Fsp3) is 0.500. The van der Waals surface area contributed by atoms with Gasteiger partial charge in [-0.1, -0.05) is 11.6 Å². The van der Waals surface area contributed by atoms with E-state index in [9.17, 15) is 0 Å². The molecule has 0 atom stereocenters. The number of hydrogen-bond acceptors (Lipinski definition) is 2. The van der Waals surface area contributed by atoms with E-state index in [1.807, 2.05) is 18.2 Å². The Hall–Kier alpha value is -0.770. The zero-order valence-electron chi connectivity index (χ0n) is 10.8. The second-order valence-electron chi connectivity index (χ2n) is 4.95. The summed E-state index contributed by atoms with van der Waals surface area (Å²) in [6, 6.07) is 6.29. The number of aryl methyl sites for hydroxylation is 1. The highest BCUT2D eigenvalue weighted by atomic mass is 35.5. The summed E-state index contributed by atoms with van der Waals surface area (Å²) in [7, 11) is 1.77. The number of nitrogens with zero attached hydrogens (tertiary/aromatic N) is 2. The lowest BCUT2D eigenvalue weighted by molar-refractivity contribution is 0.00664. The van der Waals surface area contributed by atoms with Crippen LogP contribution >= 0.6 is 23.2 Å². The molecular formula is C14H16Cl2N2O. The Morgan fingerprint density at radius 1 is 1.42 bits per heavy atom. The van der Waals surface area contributed by atoms with Crippen molar-refractivity contribution in [3.63, 3.8) is 0 Å². The predicted octanol–water partition coefficient (Wildman–Crippen LogP) is 3.82. The van der Waals surface area contributed by atoms with Crippen molar-refractivity contribution < 1.29 is 4.74 Å². The van der Waals surface area contributed by atoms with Gasteiger partial charge in [0.25, 0.3) is 0 Å². The van der Waals surface area contributed by atoms with Gasteiger partial charge in [0.2, 0.25) is 0 Å². The summed E-state index contributed by atoms with van der Waals surface area (Å²) >= 11 is 12.0. The quantitative estimate of drug-likeness (QED) is 0.802. The minimum absolute atomic E-state index is 0.366. The fourth-order valence-electron chi connectivity index (χ4n) is 2.73. The van der Waals surface area contributed by atoms with Crippen molar-refractivity contribution in [3.05, 3.63) is 29.0 Å². The zero-order valence-corrected chi connectivity index (χ0v) is 12.3. The molecule has 0 aliphatic heterocycles. The summed E-state index contributed by atoms with van der Waals surface area (Å²) in [5.41, 5.74) is 2.09. The summed E-state index contributed by atoms with van der Waals surface area (Å²) in [4.78, 5) is 4.68. The molecule has 0 bridgehead atoms. The zero-order chi connectivity index (χ0) is 13.4. The topological polar surface area (TPSA) is 27.1 Å². The van der Waals surface area contributed by atoms with E-state index in [1.54, 1.807) is 7.11 Å². The molecule has 3 rings (SSSR count). The monoisotopic (exact) mass is 298 g/mol. The number of imidazole rings is 1. The van der Waals surface area contributed by atoms with Crippen LogP contribution in [0.4, 0.5) is 0 Å². The second kappa shape index (κ2) is 5.31. The van der Waals surface area contributed by atoms with Crippen molar-refractivity contribution in [3.8, 4) is 0 Å². The summed E-state index contributed by atoms with van der Waals surface area (Å²) in [6.07, 6.45) is 3.21. The number of rotatable bonds is 4. The Bertz CT molecular complexity index is 590. The summed E-state index contributed by atoms with van der Waals surface area (Å²) < 4.78 is 7.65. The molecule has 2 aromatic rings. The van der Waals surface area contributed by atoms with Crippen LogP contribution in [0.1, 0.15) is 24.7 Å². The van der Waals surface area contributed by atoms with Crippen molar-refractivity contribution in [2.24, 2.45) is 0 Å². The molecule has 0 unspecified atom stereocenters. The Labute approximate surface area is 122 Å². The van der Waals surface area contributed by atoms with Crippen LogP contribution in [0.5, 0.6) is 0 Å². The first kappa shape index (κ1) is 13.2. The molecule has 1 aromatic heterocycles. The molecular weight excluding hydrogens is 283 g/mol. The van der Waals surface area contributed by atoms with Crippen LogP contribution in [0, 0.1) is 0 Å². The van der Waals surface area contributed by atoms with E-state index in [-0.39, 0.29) is 0 Å². The second-order valence-corrected chi connectivity index (χ2v) is 5.77. The van der Waals surface area contributed by atoms with Gasteiger partial charge in [0.15, 0.2) is 0 Å². The number of hydrogen-bond donors (Lipinski definition) is 0. The molecule has 1 saturated carbocycles. The normalized spacial score (nSPS) is 22.7. The Morgan fingerprint density at radius 3 is 2.89 bits per heavy atom. The molecule has 5 heteroatoms. The minimum atomic E-state index is 0.366. The smallest absolute Gasteiger partial charge is 0.111 e. The van der Waals surface area contributed by atoms with Gasteiger partial charge >= 0.3 is 0 Å². The summed E-state index contributed by atoms with van der Waals surface area (Å²) in [6.45, 7) is 0. The molecule has 19 heavy (non-hydrogen) atoms. The number of halogens is 2. The average Bonchev–Trinajstić information content (AvgIpc) is 2.67.